The summed E-state index contributed by atoms with van der Waals surface area (Å²) >= 11 is 0. The molecule has 0 aliphatic rings. The number of benzene rings is 1. The fourth-order valence-electron chi connectivity index (χ4n) is 1.45. The van der Waals surface area contributed by atoms with Crippen molar-refractivity contribution < 1.29 is 4.42 Å². The van der Waals surface area contributed by atoms with Crippen molar-refractivity contribution in [2.24, 2.45) is 0 Å². The van der Waals surface area contributed by atoms with Gasteiger partial charge >= 0.3 is 0 Å². The molecule has 0 aliphatic carbocycles. The van der Waals surface area contributed by atoms with Crippen LogP contribution in [0.2, 0.25) is 0 Å². The first kappa shape index (κ1) is 10.8. The smallest absolute Gasteiger partial charge is 0.203 e. The summed E-state index contributed by atoms with van der Waals surface area (Å²) in [4.78, 5) is 0. The maximum atomic E-state index is 8.90. The third-order valence-electron chi connectivity index (χ3n) is 2.27. The van der Waals surface area contributed by atoms with Crippen LogP contribution >= 0.6 is 0 Å². The zero-order chi connectivity index (χ0) is 12.1. The molecule has 4 heteroatoms. The van der Waals surface area contributed by atoms with Gasteiger partial charge < -0.3 is 9.73 Å². The van der Waals surface area contributed by atoms with Gasteiger partial charge in [0.15, 0.2) is 0 Å². The molecule has 2 aromatic rings. The number of nitrogens with zero attached hydrogens (tertiary/aromatic N) is 2. The van der Waals surface area contributed by atoms with Gasteiger partial charge in [0.1, 0.15) is 17.9 Å². The predicted octanol–water partition coefficient (Wildman–Crippen LogP) is 2.64. The van der Waals surface area contributed by atoms with Crippen LogP contribution in [-0.4, -0.2) is 0 Å². The van der Waals surface area contributed by atoms with Crippen molar-refractivity contribution in [2.45, 2.75) is 6.54 Å². The average Bonchev–Trinajstić information content (AvgIpc) is 2.84. The summed E-state index contributed by atoms with van der Waals surface area (Å²) in [5.74, 6) is 0.949. The van der Waals surface area contributed by atoms with Gasteiger partial charge in [0.2, 0.25) is 5.76 Å². The molecule has 0 unspecified atom stereocenters. The molecule has 0 aliphatic heterocycles. The first-order chi connectivity index (χ1) is 8.33. The maximum Gasteiger partial charge on any atom is 0.203 e. The van der Waals surface area contributed by atoms with E-state index in [9.17, 15) is 0 Å². The molecule has 0 fully saturated rings. The Kier molecular flexibility index (Phi) is 3.09. The highest BCUT2D eigenvalue weighted by Crippen LogP contribution is 2.15. The Bertz CT molecular complexity index is 602. The zero-order valence-corrected chi connectivity index (χ0v) is 8.97. The van der Waals surface area contributed by atoms with E-state index in [4.69, 9.17) is 14.9 Å². The van der Waals surface area contributed by atoms with Crippen molar-refractivity contribution in [3.05, 3.63) is 53.5 Å². The van der Waals surface area contributed by atoms with Crippen LogP contribution in [0.1, 0.15) is 17.1 Å². The maximum absolute atomic E-state index is 8.90. The molecule has 0 bridgehead atoms. The van der Waals surface area contributed by atoms with Gasteiger partial charge in [-0.2, -0.15) is 10.5 Å². The Balaban J connectivity index is 2.08. The summed E-state index contributed by atoms with van der Waals surface area (Å²) in [5, 5.41) is 20.6. The van der Waals surface area contributed by atoms with E-state index in [1.807, 2.05) is 24.3 Å². The molecular formula is C13H9N3O. The molecule has 1 N–H and O–H groups in total. The number of furan rings is 1. The lowest BCUT2D eigenvalue weighted by molar-refractivity contribution is 0.506. The van der Waals surface area contributed by atoms with Gasteiger partial charge in [-0.1, -0.05) is 12.1 Å². The lowest BCUT2D eigenvalue weighted by atomic mass is 10.2. The molecule has 4 nitrogen and oxygen atoms in total. The summed E-state index contributed by atoms with van der Waals surface area (Å²) in [5.41, 5.74) is 1.34. The largest absolute Gasteiger partial charge is 0.449 e. The number of para-hydroxylation sites is 1. The summed E-state index contributed by atoms with van der Waals surface area (Å²) in [6, 6.07) is 14.6. The molecule has 0 amide bonds. The second-order valence-corrected chi connectivity index (χ2v) is 3.39. The van der Waals surface area contributed by atoms with Gasteiger partial charge in [-0.25, -0.2) is 0 Å². The van der Waals surface area contributed by atoms with Crippen LogP contribution in [-0.2, 0) is 6.54 Å². The number of nitrogens with one attached hydrogen (secondary N) is 1. The molecule has 1 heterocycles. The second kappa shape index (κ2) is 4.87. The molecule has 82 valence electrons. The molecule has 0 radical (unpaired) electrons. The number of nitriles is 2. The highest BCUT2D eigenvalue weighted by Gasteiger charge is 2.03. The Morgan fingerprint density at radius 1 is 1.06 bits per heavy atom. The van der Waals surface area contributed by atoms with Gasteiger partial charge in [-0.15, -0.1) is 0 Å². The van der Waals surface area contributed by atoms with Crippen LogP contribution < -0.4 is 5.32 Å². The summed E-state index contributed by atoms with van der Waals surface area (Å²) in [7, 11) is 0. The van der Waals surface area contributed by atoms with Gasteiger partial charge in [-0.05, 0) is 24.3 Å². The van der Waals surface area contributed by atoms with Crippen molar-refractivity contribution in [3.63, 3.8) is 0 Å². The fourth-order valence-corrected chi connectivity index (χ4v) is 1.45. The lowest BCUT2D eigenvalue weighted by Crippen LogP contribution is -1.99. The van der Waals surface area contributed by atoms with Crippen molar-refractivity contribution in [1.29, 1.82) is 10.5 Å². The van der Waals surface area contributed by atoms with E-state index in [1.165, 1.54) is 0 Å². The predicted molar refractivity (Wildman–Crippen MR) is 61.9 cm³/mol. The third kappa shape index (κ3) is 2.45. The first-order valence-corrected chi connectivity index (χ1v) is 5.05. The number of rotatable bonds is 3. The average molecular weight is 223 g/mol. The summed E-state index contributed by atoms with van der Waals surface area (Å²) in [6.45, 7) is 0.445. The molecule has 1 aromatic heterocycles. The van der Waals surface area contributed by atoms with Crippen molar-refractivity contribution >= 4 is 5.69 Å². The quantitative estimate of drug-likeness (QED) is 0.868. The number of anilines is 1. The van der Waals surface area contributed by atoms with Gasteiger partial charge in [0, 0.05) is 0 Å². The first-order valence-electron chi connectivity index (χ1n) is 5.05. The number of hydrogen-bond acceptors (Lipinski definition) is 4. The molecule has 1 aromatic carbocycles. The molecule has 0 saturated heterocycles. The Morgan fingerprint density at radius 2 is 1.88 bits per heavy atom. The monoisotopic (exact) mass is 223 g/mol. The topological polar surface area (TPSA) is 72.8 Å². The van der Waals surface area contributed by atoms with Crippen molar-refractivity contribution in [3.8, 4) is 12.1 Å². The Hall–Kier alpha value is -2.72. The van der Waals surface area contributed by atoms with Gasteiger partial charge in [0.25, 0.3) is 0 Å². The van der Waals surface area contributed by atoms with Crippen molar-refractivity contribution in [2.75, 3.05) is 5.32 Å². The third-order valence-corrected chi connectivity index (χ3v) is 2.27. The van der Waals surface area contributed by atoms with E-state index in [1.54, 1.807) is 18.2 Å². The minimum Gasteiger partial charge on any atom is -0.449 e. The molecule has 2 rings (SSSR count). The minimum atomic E-state index is 0.287. The normalized spacial score (nSPS) is 9.29. The Labute approximate surface area is 98.7 Å². The lowest BCUT2D eigenvalue weighted by Gasteiger charge is -2.05. The molecule has 0 atom stereocenters. The van der Waals surface area contributed by atoms with E-state index in [-0.39, 0.29) is 5.76 Å². The standard InChI is InChI=1S/C13H9N3O/c14-7-10-3-1-2-4-13(10)16-9-12-6-5-11(8-15)17-12/h1-6,16H,9H2. The number of hydrogen-bond donors (Lipinski definition) is 1. The Morgan fingerprint density at radius 3 is 2.59 bits per heavy atom. The molecular weight excluding hydrogens is 214 g/mol. The van der Waals surface area contributed by atoms with E-state index >= 15 is 0 Å². The van der Waals surface area contributed by atoms with E-state index in [2.05, 4.69) is 11.4 Å². The van der Waals surface area contributed by atoms with Crippen LogP contribution in [0.4, 0.5) is 5.69 Å². The van der Waals surface area contributed by atoms with E-state index in [0.717, 1.165) is 5.69 Å². The van der Waals surface area contributed by atoms with Gasteiger partial charge in [-0.3, -0.25) is 0 Å². The van der Waals surface area contributed by atoms with Crippen LogP contribution in [0.15, 0.2) is 40.8 Å². The fraction of sp³-hybridized carbons (Fsp3) is 0.0769. The molecule has 0 spiro atoms. The van der Waals surface area contributed by atoms with E-state index in [0.29, 0.717) is 17.9 Å². The highest BCUT2D eigenvalue weighted by atomic mass is 16.3. The van der Waals surface area contributed by atoms with Crippen LogP contribution in [0.5, 0.6) is 0 Å². The second-order valence-electron chi connectivity index (χ2n) is 3.39. The van der Waals surface area contributed by atoms with Crippen LogP contribution in [0.25, 0.3) is 0 Å². The summed E-state index contributed by atoms with van der Waals surface area (Å²) < 4.78 is 5.22. The zero-order valence-electron chi connectivity index (χ0n) is 8.97. The highest BCUT2D eigenvalue weighted by molar-refractivity contribution is 5.57. The van der Waals surface area contributed by atoms with Crippen LogP contribution in [0, 0.1) is 22.7 Å². The van der Waals surface area contributed by atoms with Crippen LogP contribution in [0.3, 0.4) is 0 Å². The van der Waals surface area contributed by atoms with Crippen molar-refractivity contribution in [1.82, 2.24) is 0 Å². The minimum absolute atomic E-state index is 0.287. The molecule has 0 saturated carbocycles. The summed E-state index contributed by atoms with van der Waals surface area (Å²) in [6.07, 6.45) is 0. The SMILES string of the molecule is N#Cc1ccc(CNc2ccccc2C#N)o1. The van der Waals surface area contributed by atoms with E-state index < -0.39 is 0 Å². The van der Waals surface area contributed by atoms with Gasteiger partial charge in [0.05, 0.1) is 17.8 Å². The molecule has 17 heavy (non-hydrogen) atoms.